The third-order valence-electron chi connectivity index (χ3n) is 3.04. The predicted molar refractivity (Wildman–Crippen MR) is 83.4 cm³/mol. The molecule has 0 saturated carbocycles. The van der Waals surface area contributed by atoms with Crippen molar-refractivity contribution in [1.29, 1.82) is 0 Å². The van der Waals surface area contributed by atoms with Crippen molar-refractivity contribution in [2.24, 2.45) is 4.99 Å². The van der Waals surface area contributed by atoms with Crippen molar-refractivity contribution >= 4 is 16.0 Å². The Morgan fingerprint density at radius 3 is 2.59 bits per heavy atom. The first-order valence-electron chi connectivity index (χ1n) is 6.60. The van der Waals surface area contributed by atoms with Crippen LogP contribution in [0.15, 0.2) is 23.2 Å². The van der Waals surface area contributed by atoms with Gasteiger partial charge in [-0.15, -0.1) is 0 Å². The lowest BCUT2D eigenvalue weighted by atomic mass is 10.2. The maximum atomic E-state index is 11.1. The van der Waals surface area contributed by atoms with Crippen LogP contribution in [0, 0.1) is 0 Å². The average Bonchev–Trinajstić information content (AvgIpc) is 2.47. The second kappa shape index (κ2) is 6.84. The molecule has 0 fully saturated rings. The normalized spacial score (nSPS) is 15.7. The summed E-state index contributed by atoms with van der Waals surface area (Å²) in [6.45, 7) is 1.55. The van der Waals surface area contributed by atoms with Crippen LogP contribution in [0.2, 0.25) is 0 Å². The fourth-order valence-corrected chi connectivity index (χ4v) is 2.54. The molecule has 0 bridgehead atoms. The number of nitrogens with zero attached hydrogens (tertiary/aromatic N) is 2. The zero-order chi connectivity index (χ0) is 16.2. The summed E-state index contributed by atoms with van der Waals surface area (Å²) in [6.07, 6.45) is 1.09. The van der Waals surface area contributed by atoms with Crippen molar-refractivity contribution in [2.75, 3.05) is 33.8 Å². The maximum Gasteiger partial charge on any atom is 0.232 e. The van der Waals surface area contributed by atoms with Crippen LogP contribution >= 0.6 is 0 Å². The molecule has 0 amide bonds. The standard InChI is InChI=1S/C13H20N4O4S/c1-20-11-5-4-10(6-12(11)21-2)7-17-8-14-13(15-9-17)16-22(3,18)19/h4-6H,7-9H2,1-3H3,(H2,14,15,16). The van der Waals surface area contributed by atoms with E-state index in [0.717, 1.165) is 11.8 Å². The fraction of sp³-hybridized carbons (Fsp3) is 0.462. The monoisotopic (exact) mass is 328 g/mol. The van der Waals surface area contributed by atoms with Gasteiger partial charge in [0.15, 0.2) is 11.5 Å². The Morgan fingerprint density at radius 2 is 2.05 bits per heavy atom. The van der Waals surface area contributed by atoms with Crippen LogP contribution in [-0.2, 0) is 16.6 Å². The summed E-state index contributed by atoms with van der Waals surface area (Å²) in [5.41, 5.74) is 1.05. The minimum atomic E-state index is -3.31. The van der Waals surface area contributed by atoms with Gasteiger partial charge in [-0.1, -0.05) is 6.07 Å². The Morgan fingerprint density at radius 1 is 1.32 bits per heavy atom. The van der Waals surface area contributed by atoms with Crippen LogP contribution in [0.4, 0.5) is 0 Å². The average molecular weight is 328 g/mol. The summed E-state index contributed by atoms with van der Waals surface area (Å²) in [7, 11) is -0.120. The Balaban J connectivity index is 1.99. The molecule has 0 radical (unpaired) electrons. The molecule has 0 saturated heterocycles. The van der Waals surface area contributed by atoms with Crippen LogP contribution in [0.1, 0.15) is 5.56 Å². The number of benzene rings is 1. The van der Waals surface area contributed by atoms with Gasteiger partial charge in [0.2, 0.25) is 16.0 Å². The van der Waals surface area contributed by atoms with Crippen molar-refractivity contribution in [3.8, 4) is 11.5 Å². The molecule has 1 aliphatic rings. The SMILES string of the molecule is COc1ccc(CN2CN=C(NS(C)(=O)=O)NC2)cc1OC. The zero-order valence-corrected chi connectivity index (χ0v) is 13.6. The second-order valence-electron chi connectivity index (χ2n) is 4.88. The molecule has 1 aromatic rings. The van der Waals surface area contributed by atoms with Crippen molar-refractivity contribution in [3.05, 3.63) is 23.8 Å². The van der Waals surface area contributed by atoms with Gasteiger partial charge in [-0.05, 0) is 17.7 Å². The summed E-state index contributed by atoms with van der Waals surface area (Å²) in [6, 6.07) is 5.72. The molecule has 0 aromatic heterocycles. The topological polar surface area (TPSA) is 92.3 Å². The number of hydrogen-bond acceptors (Lipinski definition) is 7. The number of ether oxygens (including phenoxy) is 2. The highest BCUT2D eigenvalue weighted by Crippen LogP contribution is 2.28. The molecule has 1 aromatic carbocycles. The molecule has 2 rings (SSSR count). The highest BCUT2D eigenvalue weighted by molar-refractivity contribution is 7.89. The van der Waals surface area contributed by atoms with Gasteiger partial charge in [-0.25, -0.2) is 13.4 Å². The van der Waals surface area contributed by atoms with Crippen LogP contribution in [0.3, 0.4) is 0 Å². The largest absolute Gasteiger partial charge is 0.493 e. The molecule has 0 unspecified atom stereocenters. The number of guanidine groups is 1. The third kappa shape index (κ3) is 4.50. The van der Waals surface area contributed by atoms with Crippen molar-refractivity contribution in [3.63, 3.8) is 0 Å². The molecule has 122 valence electrons. The number of rotatable bonds is 5. The summed E-state index contributed by atoms with van der Waals surface area (Å²) in [4.78, 5) is 6.18. The van der Waals surface area contributed by atoms with E-state index in [2.05, 4.69) is 15.0 Å². The first-order valence-corrected chi connectivity index (χ1v) is 8.50. The van der Waals surface area contributed by atoms with E-state index in [1.54, 1.807) is 14.2 Å². The van der Waals surface area contributed by atoms with Crippen molar-refractivity contribution in [1.82, 2.24) is 14.9 Å². The van der Waals surface area contributed by atoms with Crippen molar-refractivity contribution < 1.29 is 17.9 Å². The number of hydrogen-bond donors (Lipinski definition) is 2. The number of methoxy groups -OCH3 is 2. The molecule has 22 heavy (non-hydrogen) atoms. The fourth-order valence-electron chi connectivity index (χ4n) is 2.05. The van der Waals surface area contributed by atoms with Gasteiger partial charge in [-0.3, -0.25) is 9.62 Å². The Kier molecular flexibility index (Phi) is 5.09. The van der Waals surface area contributed by atoms with Gasteiger partial charge in [0.05, 0.1) is 33.8 Å². The molecular weight excluding hydrogens is 308 g/mol. The molecule has 1 heterocycles. The Hall–Kier alpha value is -2.00. The molecule has 0 aliphatic carbocycles. The Labute approximate surface area is 130 Å². The van der Waals surface area contributed by atoms with Gasteiger partial charge < -0.3 is 14.8 Å². The molecular formula is C13H20N4O4S. The van der Waals surface area contributed by atoms with Crippen molar-refractivity contribution in [2.45, 2.75) is 6.54 Å². The smallest absolute Gasteiger partial charge is 0.232 e. The van der Waals surface area contributed by atoms with Crippen LogP contribution < -0.4 is 19.5 Å². The molecule has 2 N–H and O–H groups in total. The van der Waals surface area contributed by atoms with Gasteiger partial charge in [0, 0.05) is 6.54 Å². The number of aliphatic imine (C=N–C) groups is 1. The van der Waals surface area contributed by atoms with E-state index in [-0.39, 0.29) is 5.96 Å². The third-order valence-corrected chi connectivity index (χ3v) is 3.60. The highest BCUT2D eigenvalue weighted by atomic mass is 32.2. The lowest BCUT2D eigenvalue weighted by Gasteiger charge is -2.26. The minimum Gasteiger partial charge on any atom is -0.493 e. The van der Waals surface area contributed by atoms with E-state index in [9.17, 15) is 8.42 Å². The lowest BCUT2D eigenvalue weighted by molar-refractivity contribution is 0.254. The minimum absolute atomic E-state index is 0.270. The zero-order valence-electron chi connectivity index (χ0n) is 12.8. The number of nitrogens with one attached hydrogen (secondary N) is 2. The molecule has 9 heteroatoms. The lowest BCUT2D eigenvalue weighted by Crippen LogP contribution is -2.49. The molecule has 0 atom stereocenters. The quantitative estimate of drug-likeness (QED) is 0.786. The van der Waals surface area contributed by atoms with E-state index >= 15 is 0 Å². The van der Waals surface area contributed by atoms with Gasteiger partial charge in [0.1, 0.15) is 0 Å². The number of sulfonamides is 1. The van der Waals surface area contributed by atoms with Gasteiger partial charge in [-0.2, -0.15) is 0 Å². The summed E-state index contributed by atoms with van der Waals surface area (Å²) < 4.78 is 35.1. The highest BCUT2D eigenvalue weighted by Gasteiger charge is 2.15. The van der Waals surface area contributed by atoms with Crippen LogP contribution in [0.5, 0.6) is 11.5 Å². The molecule has 8 nitrogen and oxygen atoms in total. The molecule has 0 spiro atoms. The van der Waals surface area contributed by atoms with E-state index in [0.29, 0.717) is 31.4 Å². The van der Waals surface area contributed by atoms with E-state index in [1.165, 1.54) is 0 Å². The van der Waals surface area contributed by atoms with Gasteiger partial charge >= 0.3 is 0 Å². The summed E-state index contributed by atoms with van der Waals surface area (Å²) in [5, 5.41) is 2.93. The van der Waals surface area contributed by atoms with E-state index < -0.39 is 10.0 Å². The molecule has 1 aliphatic heterocycles. The summed E-state index contributed by atoms with van der Waals surface area (Å²) in [5.74, 6) is 1.62. The summed E-state index contributed by atoms with van der Waals surface area (Å²) >= 11 is 0. The van der Waals surface area contributed by atoms with Crippen LogP contribution in [0.25, 0.3) is 0 Å². The van der Waals surface area contributed by atoms with E-state index in [4.69, 9.17) is 9.47 Å². The predicted octanol–water partition coefficient (Wildman–Crippen LogP) is -0.0708. The van der Waals surface area contributed by atoms with E-state index in [1.807, 2.05) is 23.1 Å². The van der Waals surface area contributed by atoms with Gasteiger partial charge in [0.25, 0.3) is 0 Å². The Bertz CT molecular complexity index is 660. The maximum absolute atomic E-state index is 11.1. The van der Waals surface area contributed by atoms with Crippen LogP contribution in [-0.4, -0.2) is 53.1 Å². The first kappa shape index (κ1) is 16.4. The second-order valence-corrected chi connectivity index (χ2v) is 6.62. The first-order chi connectivity index (χ1) is 10.4.